The summed E-state index contributed by atoms with van der Waals surface area (Å²) in [7, 11) is -3.79. The number of hydrogen-bond acceptors (Lipinski definition) is 3. The summed E-state index contributed by atoms with van der Waals surface area (Å²) in [5.41, 5.74) is 0.755. The van der Waals surface area contributed by atoms with Crippen LogP contribution >= 0.6 is 23.2 Å². The Morgan fingerprint density at radius 3 is 2.39 bits per heavy atom. The summed E-state index contributed by atoms with van der Waals surface area (Å²) in [5, 5.41) is 0.173. The molecule has 1 aliphatic rings. The first-order valence-electron chi connectivity index (χ1n) is 8.75. The van der Waals surface area contributed by atoms with Crippen LogP contribution in [0.3, 0.4) is 0 Å². The van der Waals surface area contributed by atoms with Gasteiger partial charge in [0.1, 0.15) is 10.7 Å². The van der Waals surface area contributed by atoms with Crippen LogP contribution in [0.15, 0.2) is 47.4 Å². The Kier molecular flexibility index (Phi) is 6.60. The Labute approximate surface area is 173 Å². The third kappa shape index (κ3) is 4.66. The lowest BCUT2D eigenvalue weighted by molar-refractivity contribution is -0.132. The first kappa shape index (κ1) is 21.0. The van der Waals surface area contributed by atoms with E-state index in [9.17, 15) is 17.6 Å². The molecule has 1 saturated heterocycles. The molecule has 0 aliphatic carbocycles. The van der Waals surface area contributed by atoms with Gasteiger partial charge < -0.3 is 4.90 Å². The summed E-state index contributed by atoms with van der Waals surface area (Å²) in [6.07, 6.45) is 0.684. The van der Waals surface area contributed by atoms with Crippen molar-refractivity contribution in [2.45, 2.75) is 17.7 Å². The van der Waals surface area contributed by atoms with Gasteiger partial charge >= 0.3 is 0 Å². The van der Waals surface area contributed by atoms with E-state index in [2.05, 4.69) is 0 Å². The highest BCUT2D eigenvalue weighted by Crippen LogP contribution is 2.31. The Bertz CT molecular complexity index is 977. The van der Waals surface area contributed by atoms with Crippen LogP contribution in [0.4, 0.5) is 4.39 Å². The maximum Gasteiger partial charge on any atom is 0.244 e. The van der Waals surface area contributed by atoms with E-state index in [0.717, 1.165) is 5.56 Å². The number of carbonyl (C=O) groups is 1. The van der Waals surface area contributed by atoms with Gasteiger partial charge in [0, 0.05) is 32.6 Å². The predicted molar refractivity (Wildman–Crippen MR) is 107 cm³/mol. The lowest BCUT2D eigenvalue weighted by Gasteiger charge is -2.34. The fourth-order valence-corrected chi connectivity index (χ4v) is 5.26. The van der Waals surface area contributed by atoms with Crippen LogP contribution in [0.2, 0.25) is 10.0 Å². The van der Waals surface area contributed by atoms with Crippen molar-refractivity contribution in [3.05, 3.63) is 63.9 Å². The molecule has 28 heavy (non-hydrogen) atoms. The smallest absolute Gasteiger partial charge is 0.244 e. The molecule has 150 valence electrons. The molecular weight excluding hydrogens is 426 g/mol. The van der Waals surface area contributed by atoms with E-state index in [4.69, 9.17) is 23.2 Å². The Balaban J connectivity index is 1.59. The van der Waals surface area contributed by atoms with E-state index >= 15 is 0 Å². The van der Waals surface area contributed by atoms with Crippen molar-refractivity contribution < 1.29 is 17.6 Å². The largest absolute Gasteiger partial charge is 0.340 e. The highest BCUT2D eigenvalue weighted by molar-refractivity contribution is 7.89. The van der Waals surface area contributed by atoms with Crippen LogP contribution in [0.5, 0.6) is 0 Å². The molecule has 0 bridgehead atoms. The van der Waals surface area contributed by atoms with Crippen LogP contribution in [0.1, 0.15) is 12.0 Å². The SMILES string of the molecule is O=C(CCc1cccc(F)c1)N1CCN(S(=O)(=O)c2cccc(Cl)c2Cl)CC1. The standard InChI is InChI=1S/C19H19Cl2FN2O3S/c20-16-5-2-6-17(19(16)21)28(26,27)24-11-9-23(10-12-24)18(25)8-7-14-3-1-4-15(22)13-14/h1-6,13H,7-12H2. The van der Waals surface area contributed by atoms with E-state index in [0.29, 0.717) is 19.5 Å². The van der Waals surface area contributed by atoms with Crippen molar-refractivity contribution in [1.29, 1.82) is 0 Å². The second-order valence-corrected chi connectivity index (χ2v) is 9.16. The van der Waals surface area contributed by atoms with Crippen molar-refractivity contribution in [2.75, 3.05) is 26.2 Å². The molecule has 1 fully saturated rings. The Morgan fingerprint density at radius 1 is 1.04 bits per heavy atom. The van der Waals surface area contributed by atoms with Gasteiger partial charge in [0.15, 0.2) is 0 Å². The van der Waals surface area contributed by atoms with Gasteiger partial charge in [0.25, 0.3) is 0 Å². The van der Waals surface area contributed by atoms with Crippen molar-refractivity contribution in [1.82, 2.24) is 9.21 Å². The topological polar surface area (TPSA) is 57.7 Å². The minimum Gasteiger partial charge on any atom is -0.340 e. The van der Waals surface area contributed by atoms with Crippen LogP contribution in [-0.4, -0.2) is 49.7 Å². The number of halogens is 3. The van der Waals surface area contributed by atoms with Crippen LogP contribution < -0.4 is 0 Å². The third-order valence-corrected chi connectivity index (χ3v) is 7.51. The predicted octanol–water partition coefficient (Wildman–Crippen LogP) is 3.60. The number of carbonyl (C=O) groups excluding carboxylic acids is 1. The maximum absolute atomic E-state index is 13.2. The van der Waals surface area contributed by atoms with Gasteiger partial charge in [-0.3, -0.25) is 4.79 Å². The fraction of sp³-hybridized carbons (Fsp3) is 0.316. The van der Waals surface area contributed by atoms with Gasteiger partial charge in [-0.25, -0.2) is 12.8 Å². The molecule has 0 aromatic heterocycles. The van der Waals surface area contributed by atoms with Crippen LogP contribution in [-0.2, 0) is 21.2 Å². The van der Waals surface area contributed by atoms with E-state index in [1.807, 2.05) is 0 Å². The highest BCUT2D eigenvalue weighted by atomic mass is 35.5. The molecule has 0 saturated carbocycles. The molecule has 2 aromatic rings. The molecule has 3 rings (SSSR count). The number of amides is 1. The van der Waals surface area contributed by atoms with E-state index in [-0.39, 0.29) is 46.2 Å². The number of hydrogen-bond donors (Lipinski definition) is 0. The molecule has 9 heteroatoms. The number of rotatable bonds is 5. The first-order valence-corrected chi connectivity index (χ1v) is 10.9. The average molecular weight is 445 g/mol. The average Bonchev–Trinajstić information content (AvgIpc) is 2.68. The molecule has 1 aliphatic heterocycles. The third-order valence-electron chi connectivity index (χ3n) is 4.64. The molecule has 5 nitrogen and oxygen atoms in total. The number of nitrogens with zero attached hydrogens (tertiary/aromatic N) is 2. The van der Waals surface area contributed by atoms with Crippen molar-refractivity contribution in [3.8, 4) is 0 Å². The zero-order valence-corrected chi connectivity index (χ0v) is 17.3. The van der Waals surface area contributed by atoms with E-state index in [1.165, 1.54) is 34.6 Å². The molecule has 1 heterocycles. The summed E-state index contributed by atoms with van der Waals surface area (Å²) >= 11 is 12.0. The second kappa shape index (κ2) is 8.78. The molecule has 0 unspecified atom stereocenters. The van der Waals surface area contributed by atoms with Gasteiger partial charge in [0.2, 0.25) is 15.9 Å². The minimum absolute atomic E-state index is 0.00207. The molecule has 0 spiro atoms. The molecule has 1 amide bonds. The molecule has 0 atom stereocenters. The monoisotopic (exact) mass is 444 g/mol. The normalized spacial score (nSPS) is 15.6. The van der Waals surface area contributed by atoms with Crippen LogP contribution in [0, 0.1) is 5.82 Å². The summed E-state index contributed by atoms with van der Waals surface area (Å²) < 4.78 is 40.2. The maximum atomic E-state index is 13.2. The van der Waals surface area contributed by atoms with Gasteiger partial charge in [-0.2, -0.15) is 4.31 Å². The molecule has 0 radical (unpaired) electrons. The summed E-state index contributed by atoms with van der Waals surface area (Å²) in [6, 6.07) is 10.6. The zero-order chi connectivity index (χ0) is 20.3. The van der Waals surface area contributed by atoms with Gasteiger partial charge in [-0.05, 0) is 36.2 Å². The summed E-state index contributed by atoms with van der Waals surface area (Å²) in [6.45, 7) is 0.937. The van der Waals surface area contributed by atoms with Gasteiger partial charge in [-0.15, -0.1) is 0 Å². The summed E-state index contributed by atoms with van der Waals surface area (Å²) in [5.74, 6) is -0.412. The summed E-state index contributed by atoms with van der Waals surface area (Å²) in [4.78, 5) is 14.0. The number of piperazine rings is 1. The Hall–Kier alpha value is -1.67. The molecule has 2 aromatic carbocycles. The molecular formula is C19H19Cl2FN2O3S. The van der Waals surface area contributed by atoms with Crippen LogP contribution in [0.25, 0.3) is 0 Å². The van der Waals surface area contributed by atoms with Crippen molar-refractivity contribution in [3.63, 3.8) is 0 Å². The number of sulfonamides is 1. The fourth-order valence-electron chi connectivity index (χ4n) is 3.10. The quantitative estimate of drug-likeness (QED) is 0.707. The highest BCUT2D eigenvalue weighted by Gasteiger charge is 2.31. The van der Waals surface area contributed by atoms with Gasteiger partial charge in [-0.1, -0.05) is 41.4 Å². The van der Waals surface area contributed by atoms with E-state index < -0.39 is 10.0 Å². The lowest BCUT2D eigenvalue weighted by atomic mass is 10.1. The van der Waals surface area contributed by atoms with Gasteiger partial charge in [0.05, 0.1) is 10.0 Å². The lowest BCUT2D eigenvalue weighted by Crippen LogP contribution is -2.50. The van der Waals surface area contributed by atoms with Crippen molar-refractivity contribution >= 4 is 39.1 Å². The number of benzene rings is 2. The first-order chi connectivity index (χ1) is 13.3. The number of aryl methyl sites for hydroxylation is 1. The van der Waals surface area contributed by atoms with Crippen molar-refractivity contribution in [2.24, 2.45) is 0 Å². The second-order valence-electron chi connectivity index (χ2n) is 6.47. The Morgan fingerprint density at radius 2 is 1.71 bits per heavy atom. The van der Waals surface area contributed by atoms with E-state index in [1.54, 1.807) is 17.0 Å². The minimum atomic E-state index is -3.79. The molecule has 0 N–H and O–H groups in total. The zero-order valence-electron chi connectivity index (χ0n) is 14.9.